The summed E-state index contributed by atoms with van der Waals surface area (Å²) in [5.74, 6) is 0.607. The molecule has 4 nitrogen and oxygen atoms in total. The fourth-order valence-corrected chi connectivity index (χ4v) is 2.90. The van der Waals surface area contributed by atoms with Gasteiger partial charge in [-0.25, -0.2) is 4.98 Å². The third-order valence-electron chi connectivity index (χ3n) is 3.09. The molecule has 3 rings (SSSR count). The van der Waals surface area contributed by atoms with E-state index >= 15 is 0 Å². The van der Waals surface area contributed by atoms with Gasteiger partial charge in [-0.2, -0.15) is 0 Å². The average Bonchev–Trinajstić information content (AvgIpc) is 2.84. The number of anilines is 1. The Balaban J connectivity index is 2.25. The topological polar surface area (TPSA) is 55.9 Å². The summed E-state index contributed by atoms with van der Waals surface area (Å²) in [4.78, 5) is 4.40. The summed E-state index contributed by atoms with van der Waals surface area (Å²) in [6.45, 7) is 2.02. The molecule has 1 saturated heterocycles. The van der Waals surface area contributed by atoms with Crippen LogP contribution >= 0.6 is 15.9 Å². The van der Waals surface area contributed by atoms with Crippen LogP contribution in [0.1, 0.15) is 12.5 Å². The first-order chi connectivity index (χ1) is 7.77. The maximum absolute atomic E-state index is 6.01. The molecule has 16 heavy (non-hydrogen) atoms. The van der Waals surface area contributed by atoms with Gasteiger partial charge in [0, 0.05) is 11.0 Å². The van der Waals surface area contributed by atoms with Crippen molar-refractivity contribution in [2.75, 3.05) is 18.8 Å². The minimum atomic E-state index is 0.420. The number of imidazole rings is 1. The van der Waals surface area contributed by atoms with Gasteiger partial charge < -0.3 is 15.6 Å². The molecule has 1 aliphatic heterocycles. The van der Waals surface area contributed by atoms with Crippen molar-refractivity contribution in [2.24, 2.45) is 0 Å². The van der Waals surface area contributed by atoms with Gasteiger partial charge in [0.1, 0.15) is 0 Å². The lowest BCUT2D eigenvalue weighted by Gasteiger charge is -2.14. The van der Waals surface area contributed by atoms with E-state index < -0.39 is 0 Å². The van der Waals surface area contributed by atoms with E-state index in [0.717, 1.165) is 35.0 Å². The van der Waals surface area contributed by atoms with E-state index in [9.17, 15) is 0 Å². The van der Waals surface area contributed by atoms with Gasteiger partial charge in [-0.15, -0.1) is 0 Å². The Bertz CT molecular complexity index is 528. The highest BCUT2D eigenvalue weighted by molar-refractivity contribution is 9.10. The molecule has 2 aromatic rings. The van der Waals surface area contributed by atoms with Crippen LogP contribution in [0.2, 0.25) is 0 Å². The highest BCUT2D eigenvalue weighted by Crippen LogP contribution is 2.31. The van der Waals surface area contributed by atoms with Crippen LogP contribution < -0.4 is 11.1 Å². The molecule has 1 fully saturated rings. The van der Waals surface area contributed by atoms with Crippen LogP contribution in [-0.2, 0) is 0 Å². The molecule has 0 bridgehead atoms. The fraction of sp³-hybridized carbons (Fsp3) is 0.364. The third-order valence-corrected chi connectivity index (χ3v) is 3.73. The maximum atomic E-state index is 6.01. The standard InChI is InChI=1S/C11H13BrN4/c12-8-2-1-3-9-10(8)16(11(13)15-9)7-4-5-14-6-7/h1-3,7,14H,4-6H2,(H2,13,15). The molecule has 3 N–H and O–H groups in total. The highest BCUT2D eigenvalue weighted by Gasteiger charge is 2.22. The molecule has 0 aliphatic carbocycles. The second-order valence-electron chi connectivity index (χ2n) is 4.09. The SMILES string of the molecule is Nc1nc2cccc(Br)c2n1C1CCNC1. The zero-order chi connectivity index (χ0) is 11.1. The van der Waals surface area contributed by atoms with Crippen molar-refractivity contribution in [2.45, 2.75) is 12.5 Å². The Labute approximate surface area is 102 Å². The van der Waals surface area contributed by atoms with Crippen LogP contribution in [0.4, 0.5) is 5.95 Å². The van der Waals surface area contributed by atoms with Crippen molar-refractivity contribution in [3.63, 3.8) is 0 Å². The zero-order valence-corrected chi connectivity index (χ0v) is 10.4. The summed E-state index contributed by atoms with van der Waals surface area (Å²) in [6, 6.07) is 6.43. The van der Waals surface area contributed by atoms with Gasteiger partial charge in [0.2, 0.25) is 5.95 Å². The number of nitrogens with two attached hydrogens (primary N) is 1. The second-order valence-corrected chi connectivity index (χ2v) is 4.95. The van der Waals surface area contributed by atoms with Gasteiger partial charge in [-0.3, -0.25) is 0 Å². The van der Waals surface area contributed by atoms with Gasteiger partial charge in [0.15, 0.2) is 0 Å². The summed E-state index contributed by atoms with van der Waals surface area (Å²) < 4.78 is 3.19. The Hall–Kier alpha value is -1.07. The lowest BCUT2D eigenvalue weighted by atomic mass is 10.2. The Morgan fingerprint density at radius 2 is 2.38 bits per heavy atom. The number of rotatable bonds is 1. The first-order valence-corrected chi connectivity index (χ1v) is 6.19. The number of halogens is 1. The molecule has 0 radical (unpaired) electrons. The van der Waals surface area contributed by atoms with Gasteiger partial charge >= 0.3 is 0 Å². The molecule has 1 aliphatic rings. The molecule has 1 aromatic heterocycles. The van der Waals surface area contributed by atoms with E-state index in [1.54, 1.807) is 0 Å². The second kappa shape index (κ2) is 3.75. The zero-order valence-electron chi connectivity index (χ0n) is 8.78. The number of nitrogens with zero attached hydrogens (tertiary/aromatic N) is 2. The molecular formula is C11H13BrN4. The van der Waals surface area contributed by atoms with Crippen LogP contribution in [0.15, 0.2) is 22.7 Å². The highest BCUT2D eigenvalue weighted by atomic mass is 79.9. The number of nitrogen functional groups attached to an aromatic ring is 1. The predicted octanol–water partition coefficient (Wildman–Crippen LogP) is 1.92. The number of fused-ring (bicyclic) bond motifs is 1. The molecule has 1 unspecified atom stereocenters. The molecule has 5 heteroatoms. The summed E-state index contributed by atoms with van der Waals surface area (Å²) in [5, 5.41) is 3.35. The summed E-state index contributed by atoms with van der Waals surface area (Å²) in [6.07, 6.45) is 1.11. The van der Waals surface area contributed by atoms with E-state index in [0.29, 0.717) is 12.0 Å². The molecule has 1 atom stereocenters. The quantitative estimate of drug-likeness (QED) is 0.839. The maximum Gasteiger partial charge on any atom is 0.201 e. The molecule has 1 aromatic carbocycles. The van der Waals surface area contributed by atoms with Crippen molar-refractivity contribution in [3.8, 4) is 0 Å². The van der Waals surface area contributed by atoms with Crippen LogP contribution in [-0.4, -0.2) is 22.6 Å². The van der Waals surface area contributed by atoms with Crippen LogP contribution in [0.5, 0.6) is 0 Å². The monoisotopic (exact) mass is 280 g/mol. The van der Waals surface area contributed by atoms with Crippen LogP contribution in [0.3, 0.4) is 0 Å². The molecule has 84 valence electrons. The van der Waals surface area contributed by atoms with E-state index in [1.165, 1.54) is 0 Å². The summed E-state index contributed by atoms with van der Waals surface area (Å²) >= 11 is 3.57. The van der Waals surface area contributed by atoms with Gasteiger partial charge in [0.05, 0.1) is 17.1 Å². The number of aromatic nitrogens is 2. The minimum absolute atomic E-state index is 0.420. The van der Waals surface area contributed by atoms with Crippen molar-refractivity contribution >= 4 is 32.9 Å². The van der Waals surface area contributed by atoms with E-state index in [1.807, 2.05) is 18.2 Å². The average molecular weight is 281 g/mol. The number of hydrogen-bond donors (Lipinski definition) is 2. The minimum Gasteiger partial charge on any atom is -0.369 e. The Kier molecular flexibility index (Phi) is 2.37. The van der Waals surface area contributed by atoms with Gasteiger partial charge in [-0.1, -0.05) is 6.07 Å². The number of para-hydroxylation sites is 1. The largest absolute Gasteiger partial charge is 0.369 e. The first-order valence-electron chi connectivity index (χ1n) is 5.40. The van der Waals surface area contributed by atoms with E-state index in [2.05, 4.69) is 30.8 Å². The smallest absolute Gasteiger partial charge is 0.201 e. The van der Waals surface area contributed by atoms with Gasteiger partial charge in [-0.05, 0) is 41.0 Å². The van der Waals surface area contributed by atoms with Crippen molar-refractivity contribution in [3.05, 3.63) is 22.7 Å². The number of nitrogens with one attached hydrogen (secondary N) is 1. The normalized spacial score (nSPS) is 20.7. The molecule has 0 saturated carbocycles. The fourth-order valence-electron chi connectivity index (χ4n) is 2.35. The lowest BCUT2D eigenvalue weighted by Crippen LogP contribution is -2.15. The van der Waals surface area contributed by atoms with Crippen LogP contribution in [0.25, 0.3) is 11.0 Å². The summed E-state index contributed by atoms with van der Waals surface area (Å²) in [5.41, 5.74) is 8.07. The summed E-state index contributed by atoms with van der Waals surface area (Å²) in [7, 11) is 0. The lowest BCUT2D eigenvalue weighted by molar-refractivity contribution is 0.569. The number of hydrogen-bond acceptors (Lipinski definition) is 3. The molecule has 0 amide bonds. The Morgan fingerprint density at radius 1 is 1.50 bits per heavy atom. The predicted molar refractivity (Wildman–Crippen MR) is 68.4 cm³/mol. The number of benzene rings is 1. The third kappa shape index (κ3) is 1.43. The van der Waals surface area contributed by atoms with Crippen molar-refractivity contribution in [1.82, 2.24) is 14.9 Å². The Morgan fingerprint density at radius 3 is 3.12 bits per heavy atom. The van der Waals surface area contributed by atoms with E-state index in [-0.39, 0.29) is 0 Å². The first kappa shape index (κ1) is 10.1. The van der Waals surface area contributed by atoms with Crippen LogP contribution in [0, 0.1) is 0 Å². The van der Waals surface area contributed by atoms with Crippen molar-refractivity contribution in [1.29, 1.82) is 0 Å². The molecule has 2 heterocycles. The molecular weight excluding hydrogens is 268 g/mol. The van der Waals surface area contributed by atoms with E-state index in [4.69, 9.17) is 5.73 Å². The molecule has 0 spiro atoms. The van der Waals surface area contributed by atoms with Gasteiger partial charge in [0.25, 0.3) is 0 Å². The van der Waals surface area contributed by atoms with Crippen molar-refractivity contribution < 1.29 is 0 Å².